The SMILES string of the molecule is Cc1cc(C)c(C2(CN)CCCCC2)c(C)c1. The second-order valence-corrected chi connectivity index (χ2v) is 5.82. The first-order valence-corrected chi connectivity index (χ1v) is 6.87. The highest BCUT2D eigenvalue weighted by Gasteiger charge is 2.34. The summed E-state index contributed by atoms with van der Waals surface area (Å²) in [5, 5.41) is 0. The first-order valence-electron chi connectivity index (χ1n) is 6.87. The molecule has 0 aromatic heterocycles. The zero-order valence-electron chi connectivity index (χ0n) is 11.5. The van der Waals surface area contributed by atoms with Crippen molar-refractivity contribution in [3.63, 3.8) is 0 Å². The van der Waals surface area contributed by atoms with Gasteiger partial charge in [0, 0.05) is 12.0 Å². The number of nitrogens with two attached hydrogens (primary N) is 1. The second kappa shape index (κ2) is 4.81. The van der Waals surface area contributed by atoms with E-state index in [0.29, 0.717) is 0 Å². The van der Waals surface area contributed by atoms with Gasteiger partial charge in [0.05, 0.1) is 0 Å². The summed E-state index contributed by atoms with van der Waals surface area (Å²) < 4.78 is 0. The van der Waals surface area contributed by atoms with Crippen LogP contribution >= 0.6 is 0 Å². The predicted molar refractivity (Wildman–Crippen MR) is 74.5 cm³/mol. The van der Waals surface area contributed by atoms with Crippen molar-refractivity contribution in [3.8, 4) is 0 Å². The Balaban J connectivity index is 2.50. The van der Waals surface area contributed by atoms with E-state index in [1.54, 1.807) is 5.56 Å². The second-order valence-electron chi connectivity index (χ2n) is 5.82. The van der Waals surface area contributed by atoms with Crippen LogP contribution in [0.2, 0.25) is 0 Å². The zero-order valence-corrected chi connectivity index (χ0v) is 11.5. The van der Waals surface area contributed by atoms with Crippen LogP contribution in [0.4, 0.5) is 0 Å². The summed E-state index contributed by atoms with van der Waals surface area (Å²) in [7, 11) is 0. The standard InChI is InChI=1S/C16H25N/c1-12-9-13(2)15(14(3)10-12)16(11-17)7-5-4-6-8-16/h9-10H,4-8,11,17H2,1-3H3. The number of hydrogen-bond acceptors (Lipinski definition) is 1. The molecular weight excluding hydrogens is 206 g/mol. The molecule has 0 radical (unpaired) electrons. The molecule has 1 aromatic carbocycles. The van der Waals surface area contributed by atoms with E-state index < -0.39 is 0 Å². The lowest BCUT2D eigenvalue weighted by atomic mass is 9.67. The molecule has 1 aliphatic rings. The molecular formula is C16H25N. The summed E-state index contributed by atoms with van der Waals surface area (Å²) >= 11 is 0. The lowest BCUT2D eigenvalue weighted by Crippen LogP contribution is -2.38. The fraction of sp³-hybridized carbons (Fsp3) is 0.625. The minimum atomic E-state index is 0.264. The van der Waals surface area contributed by atoms with Gasteiger partial charge >= 0.3 is 0 Å². The van der Waals surface area contributed by atoms with Gasteiger partial charge in [0.25, 0.3) is 0 Å². The Morgan fingerprint density at radius 1 is 1.00 bits per heavy atom. The van der Waals surface area contributed by atoms with E-state index in [-0.39, 0.29) is 5.41 Å². The molecule has 1 nitrogen and oxygen atoms in total. The van der Waals surface area contributed by atoms with E-state index in [2.05, 4.69) is 32.9 Å². The molecule has 0 atom stereocenters. The van der Waals surface area contributed by atoms with E-state index in [1.165, 1.54) is 48.8 Å². The third-order valence-electron chi connectivity index (χ3n) is 4.41. The van der Waals surface area contributed by atoms with E-state index in [1.807, 2.05) is 0 Å². The predicted octanol–water partition coefficient (Wildman–Crippen LogP) is 3.77. The molecule has 17 heavy (non-hydrogen) atoms. The number of benzene rings is 1. The maximum Gasteiger partial charge on any atom is 0.00808 e. The largest absolute Gasteiger partial charge is 0.330 e. The normalized spacial score (nSPS) is 19.3. The molecule has 0 bridgehead atoms. The van der Waals surface area contributed by atoms with Gasteiger partial charge in [-0.3, -0.25) is 0 Å². The molecule has 1 fully saturated rings. The Morgan fingerprint density at radius 3 is 2.00 bits per heavy atom. The van der Waals surface area contributed by atoms with Gasteiger partial charge in [0.15, 0.2) is 0 Å². The van der Waals surface area contributed by atoms with Crippen LogP contribution in [0, 0.1) is 20.8 Å². The summed E-state index contributed by atoms with van der Waals surface area (Å²) in [5.74, 6) is 0. The van der Waals surface area contributed by atoms with Crippen molar-refractivity contribution in [2.75, 3.05) is 6.54 Å². The Morgan fingerprint density at radius 2 is 1.53 bits per heavy atom. The van der Waals surface area contributed by atoms with Gasteiger partial charge in [-0.05, 0) is 50.3 Å². The molecule has 1 aliphatic carbocycles. The van der Waals surface area contributed by atoms with Crippen molar-refractivity contribution < 1.29 is 0 Å². The summed E-state index contributed by atoms with van der Waals surface area (Å²) in [4.78, 5) is 0. The molecule has 1 heteroatoms. The minimum Gasteiger partial charge on any atom is -0.330 e. The van der Waals surface area contributed by atoms with Gasteiger partial charge in [0.1, 0.15) is 0 Å². The van der Waals surface area contributed by atoms with Crippen LogP contribution in [0.5, 0.6) is 0 Å². The zero-order chi connectivity index (χ0) is 12.5. The van der Waals surface area contributed by atoms with Crippen molar-refractivity contribution in [2.24, 2.45) is 5.73 Å². The Kier molecular flexibility index (Phi) is 3.58. The molecule has 0 spiro atoms. The first-order chi connectivity index (χ1) is 8.09. The monoisotopic (exact) mass is 231 g/mol. The Labute approximate surface area is 105 Å². The molecule has 0 saturated heterocycles. The molecule has 94 valence electrons. The van der Waals surface area contributed by atoms with Crippen LogP contribution in [0.15, 0.2) is 12.1 Å². The molecule has 0 aliphatic heterocycles. The molecule has 1 aromatic rings. The Bertz CT molecular complexity index is 377. The van der Waals surface area contributed by atoms with E-state index in [0.717, 1.165) is 6.54 Å². The van der Waals surface area contributed by atoms with E-state index in [9.17, 15) is 0 Å². The minimum absolute atomic E-state index is 0.264. The smallest absolute Gasteiger partial charge is 0.00808 e. The lowest BCUT2D eigenvalue weighted by Gasteiger charge is -2.39. The summed E-state index contributed by atoms with van der Waals surface area (Å²) in [6, 6.07) is 4.63. The van der Waals surface area contributed by atoms with E-state index in [4.69, 9.17) is 5.73 Å². The van der Waals surface area contributed by atoms with Crippen molar-refractivity contribution >= 4 is 0 Å². The maximum absolute atomic E-state index is 6.15. The quantitative estimate of drug-likeness (QED) is 0.823. The third-order valence-corrected chi connectivity index (χ3v) is 4.41. The first kappa shape index (κ1) is 12.6. The average Bonchev–Trinajstić information content (AvgIpc) is 2.28. The van der Waals surface area contributed by atoms with Gasteiger partial charge in [-0.25, -0.2) is 0 Å². The number of aryl methyl sites for hydroxylation is 3. The van der Waals surface area contributed by atoms with Crippen molar-refractivity contribution in [1.82, 2.24) is 0 Å². The van der Waals surface area contributed by atoms with Crippen LogP contribution < -0.4 is 5.73 Å². The van der Waals surface area contributed by atoms with Crippen molar-refractivity contribution in [2.45, 2.75) is 58.3 Å². The van der Waals surface area contributed by atoms with Gasteiger partial charge in [-0.1, -0.05) is 37.0 Å². The van der Waals surface area contributed by atoms with Crippen LogP contribution in [-0.4, -0.2) is 6.54 Å². The molecule has 2 rings (SSSR count). The third kappa shape index (κ3) is 2.26. The summed E-state index contributed by atoms with van der Waals surface area (Å²) in [6.07, 6.45) is 6.60. The fourth-order valence-electron chi connectivity index (χ4n) is 3.80. The average molecular weight is 231 g/mol. The van der Waals surface area contributed by atoms with E-state index >= 15 is 0 Å². The molecule has 2 N–H and O–H groups in total. The molecule has 0 amide bonds. The highest BCUT2D eigenvalue weighted by Crippen LogP contribution is 2.41. The van der Waals surface area contributed by atoms with Crippen LogP contribution in [0.3, 0.4) is 0 Å². The van der Waals surface area contributed by atoms with Crippen molar-refractivity contribution in [3.05, 3.63) is 34.4 Å². The topological polar surface area (TPSA) is 26.0 Å². The highest BCUT2D eigenvalue weighted by atomic mass is 14.6. The van der Waals surface area contributed by atoms with Crippen LogP contribution in [0.25, 0.3) is 0 Å². The van der Waals surface area contributed by atoms with Crippen molar-refractivity contribution in [1.29, 1.82) is 0 Å². The lowest BCUT2D eigenvalue weighted by molar-refractivity contribution is 0.298. The van der Waals surface area contributed by atoms with Crippen LogP contribution in [0.1, 0.15) is 54.4 Å². The van der Waals surface area contributed by atoms with Gasteiger partial charge in [-0.2, -0.15) is 0 Å². The molecule has 1 saturated carbocycles. The molecule has 0 unspecified atom stereocenters. The fourth-order valence-corrected chi connectivity index (χ4v) is 3.80. The number of hydrogen-bond donors (Lipinski definition) is 1. The maximum atomic E-state index is 6.15. The Hall–Kier alpha value is -0.820. The number of rotatable bonds is 2. The van der Waals surface area contributed by atoms with Gasteiger partial charge < -0.3 is 5.73 Å². The molecule has 0 heterocycles. The van der Waals surface area contributed by atoms with Crippen LogP contribution in [-0.2, 0) is 5.41 Å². The van der Waals surface area contributed by atoms with Gasteiger partial charge in [-0.15, -0.1) is 0 Å². The van der Waals surface area contributed by atoms with Gasteiger partial charge in [0.2, 0.25) is 0 Å². The summed E-state index contributed by atoms with van der Waals surface area (Å²) in [6.45, 7) is 7.49. The highest BCUT2D eigenvalue weighted by molar-refractivity contribution is 5.43. The summed E-state index contributed by atoms with van der Waals surface area (Å²) in [5.41, 5.74) is 12.2.